The van der Waals surface area contributed by atoms with Crippen molar-refractivity contribution in [2.75, 3.05) is 60.4 Å². The lowest BCUT2D eigenvalue weighted by molar-refractivity contribution is -0.143. The second-order valence-corrected chi connectivity index (χ2v) is 12.0. The second kappa shape index (κ2) is 14.3. The summed E-state index contributed by atoms with van der Waals surface area (Å²) in [5.41, 5.74) is 1.88. The van der Waals surface area contributed by atoms with E-state index in [4.69, 9.17) is 18.9 Å². The molecule has 10 nitrogen and oxygen atoms in total. The molecule has 0 spiro atoms. The van der Waals surface area contributed by atoms with Gasteiger partial charge in [-0.1, -0.05) is 31.5 Å². The van der Waals surface area contributed by atoms with E-state index in [0.29, 0.717) is 43.2 Å². The van der Waals surface area contributed by atoms with Crippen LogP contribution in [-0.4, -0.2) is 98.1 Å². The highest BCUT2D eigenvalue weighted by Crippen LogP contribution is 2.44. The van der Waals surface area contributed by atoms with E-state index in [-0.39, 0.29) is 38.0 Å². The number of aliphatic carboxylic acids is 1. The Morgan fingerprint density at radius 2 is 1.67 bits per heavy atom. The molecule has 1 fully saturated rings. The van der Waals surface area contributed by atoms with Crippen LogP contribution in [0.2, 0.25) is 0 Å². The number of hydrogen-bond donors (Lipinski definition) is 1. The third kappa shape index (κ3) is 7.36. The zero-order valence-electron chi connectivity index (χ0n) is 25.6. The SMILES string of the molecule is CCCCN(CCCCN(C)C)C(=O)CN1CC(c2ccc3c(c2)OCO3)C(C(=O)O)C1CCc1cccc2c1OCO2. The fourth-order valence-corrected chi connectivity index (χ4v) is 6.54. The molecule has 3 aliphatic heterocycles. The minimum Gasteiger partial charge on any atom is -0.481 e. The molecule has 3 aliphatic rings. The maximum absolute atomic E-state index is 13.8. The maximum Gasteiger partial charge on any atom is 0.308 e. The summed E-state index contributed by atoms with van der Waals surface area (Å²) >= 11 is 0. The van der Waals surface area contributed by atoms with Crippen LogP contribution in [0.3, 0.4) is 0 Å². The lowest BCUT2D eigenvalue weighted by atomic mass is 9.83. The predicted molar refractivity (Wildman–Crippen MR) is 162 cm³/mol. The maximum atomic E-state index is 13.8. The van der Waals surface area contributed by atoms with E-state index in [0.717, 1.165) is 55.6 Å². The molecule has 1 N–H and O–H groups in total. The minimum atomic E-state index is -0.855. The number of carboxylic acids is 1. The van der Waals surface area contributed by atoms with Crippen LogP contribution in [0.15, 0.2) is 36.4 Å². The van der Waals surface area contributed by atoms with Crippen molar-refractivity contribution in [3.63, 3.8) is 0 Å². The summed E-state index contributed by atoms with van der Waals surface area (Å²) in [6.45, 7) is 5.56. The number of rotatable bonds is 15. The molecule has 0 bridgehead atoms. The van der Waals surface area contributed by atoms with E-state index in [2.05, 4.69) is 30.8 Å². The number of carbonyl (C=O) groups is 2. The van der Waals surface area contributed by atoms with E-state index in [1.807, 2.05) is 41.3 Å². The first-order valence-electron chi connectivity index (χ1n) is 15.5. The Morgan fingerprint density at radius 3 is 2.47 bits per heavy atom. The van der Waals surface area contributed by atoms with Crippen LogP contribution in [0.5, 0.6) is 23.0 Å². The highest BCUT2D eigenvalue weighted by Gasteiger charge is 2.47. The van der Waals surface area contributed by atoms with Crippen molar-refractivity contribution in [1.82, 2.24) is 14.7 Å². The van der Waals surface area contributed by atoms with Gasteiger partial charge in [-0.05, 0) is 82.1 Å². The van der Waals surface area contributed by atoms with Crippen molar-refractivity contribution in [1.29, 1.82) is 0 Å². The molecular formula is C33H45N3O7. The van der Waals surface area contributed by atoms with E-state index < -0.39 is 11.9 Å². The van der Waals surface area contributed by atoms with Gasteiger partial charge < -0.3 is 33.9 Å². The molecule has 43 heavy (non-hydrogen) atoms. The molecule has 1 amide bonds. The average Bonchev–Trinajstić information content (AvgIpc) is 3.73. The third-order valence-electron chi connectivity index (χ3n) is 8.80. The lowest BCUT2D eigenvalue weighted by Crippen LogP contribution is -2.45. The van der Waals surface area contributed by atoms with Crippen LogP contribution in [0.4, 0.5) is 0 Å². The van der Waals surface area contributed by atoms with Crippen molar-refractivity contribution in [2.24, 2.45) is 5.92 Å². The van der Waals surface area contributed by atoms with Crippen molar-refractivity contribution in [3.05, 3.63) is 47.5 Å². The van der Waals surface area contributed by atoms with Crippen LogP contribution in [0.25, 0.3) is 0 Å². The van der Waals surface area contributed by atoms with Crippen LogP contribution >= 0.6 is 0 Å². The zero-order chi connectivity index (χ0) is 30.3. The number of nitrogens with zero attached hydrogens (tertiary/aromatic N) is 3. The van der Waals surface area contributed by atoms with Crippen molar-refractivity contribution < 1.29 is 33.6 Å². The number of carboxylic acid groups (broad SMARTS) is 1. The van der Waals surface area contributed by atoms with Gasteiger partial charge >= 0.3 is 5.97 Å². The Labute approximate surface area is 254 Å². The standard InChI is InChI=1S/C33H45N3O7/c1-4-5-16-35(17-7-6-15-34(2)3)30(37)20-36-19-25(24-12-14-27-29(18-24)42-21-40-27)31(33(38)39)26(36)13-11-23-9-8-10-28-32(23)43-22-41-28/h8-10,12,14,18,25-26,31H,4-7,11,13,15-17,19-22H2,1-3H3,(H,38,39). The second-order valence-electron chi connectivity index (χ2n) is 12.0. The van der Waals surface area contributed by atoms with Gasteiger partial charge in [0.2, 0.25) is 19.5 Å². The largest absolute Gasteiger partial charge is 0.481 e. The number of hydrogen-bond acceptors (Lipinski definition) is 8. The zero-order valence-corrected chi connectivity index (χ0v) is 25.6. The summed E-state index contributed by atoms with van der Waals surface area (Å²) < 4.78 is 22.4. The Bertz CT molecular complexity index is 1270. The first kappa shape index (κ1) is 30.9. The Kier molecular flexibility index (Phi) is 10.3. The fraction of sp³-hybridized carbons (Fsp3) is 0.576. The number of amides is 1. The summed E-state index contributed by atoms with van der Waals surface area (Å²) in [7, 11) is 4.12. The smallest absolute Gasteiger partial charge is 0.308 e. The van der Waals surface area contributed by atoms with Gasteiger partial charge in [0, 0.05) is 31.6 Å². The summed E-state index contributed by atoms with van der Waals surface area (Å²) in [5.74, 6) is 0.964. The highest BCUT2D eigenvalue weighted by molar-refractivity contribution is 5.79. The van der Waals surface area contributed by atoms with E-state index >= 15 is 0 Å². The number of fused-ring (bicyclic) bond motifs is 2. The molecule has 0 saturated carbocycles. The monoisotopic (exact) mass is 595 g/mol. The molecule has 3 atom stereocenters. The summed E-state index contributed by atoms with van der Waals surface area (Å²) in [6, 6.07) is 11.2. The van der Waals surface area contributed by atoms with Crippen LogP contribution < -0.4 is 18.9 Å². The molecule has 0 radical (unpaired) electrons. The van der Waals surface area contributed by atoms with Crippen molar-refractivity contribution in [2.45, 2.75) is 57.4 Å². The average molecular weight is 596 g/mol. The number of likely N-dealkylation sites (tertiary alicyclic amines) is 1. The summed E-state index contributed by atoms with van der Waals surface area (Å²) in [6.07, 6.45) is 5.11. The molecule has 1 saturated heterocycles. The van der Waals surface area contributed by atoms with Gasteiger partial charge in [0.1, 0.15) is 0 Å². The molecule has 5 rings (SSSR count). The van der Waals surface area contributed by atoms with E-state index in [1.54, 1.807) is 0 Å². The first-order chi connectivity index (χ1) is 20.9. The van der Waals surface area contributed by atoms with Gasteiger partial charge in [0.25, 0.3) is 0 Å². The number of aryl methyl sites for hydroxylation is 1. The van der Waals surface area contributed by atoms with Crippen molar-refractivity contribution >= 4 is 11.9 Å². The predicted octanol–water partition coefficient (Wildman–Crippen LogP) is 4.22. The Morgan fingerprint density at radius 1 is 0.930 bits per heavy atom. The number of unbranched alkanes of at least 4 members (excludes halogenated alkanes) is 2. The van der Waals surface area contributed by atoms with Crippen LogP contribution in [0.1, 0.15) is 56.1 Å². The molecule has 2 aromatic rings. The molecule has 0 aromatic heterocycles. The fourth-order valence-electron chi connectivity index (χ4n) is 6.54. The quantitative estimate of drug-likeness (QED) is 0.304. The highest BCUT2D eigenvalue weighted by atomic mass is 16.7. The number of carbonyl (C=O) groups excluding carboxylic acids is 1. The molecule has 3 unspecified atom stereocenters. The van der Waals surface area contributed by atoms with E-state index in [1.165, 1.54) is 0 Å². The number of benzene rings is 2. The molecule has 234 valence electrons. The van der Waals surface area contributed by atoms with E-state index in [9.17, 15) is 14.7 Å². The van der Waals surface area contributed by atoms with Gasteiger partial charge in [-0.25, -0.2) is 0 Å². The molecule has 2 aromatic carbocycles. The number of para-hydroxylation sites is 1. The topological polar surface area (TPSA) is 101 Å². The minimum absolute atomic E-state index is 0.0658. The Hall–Kier alpha value is -3.50. The molecule has 3 heterocycles. The van der Waals surface area contributed by atoms with Gasteiger partial charge in [-0.3, -0.25) is 14.5 Å². The van der Waals surface area contributed by atoms with Gasteiger partial charge in [-0.15, -0.1) is 0 Å². The summed E-state index contributed by atoms with van der Waals surface area (Å²) in [5, 5.41) is 10.6. The first-order valence-corrected chi connectivity index (χ1v) is 15.5. The van der Waals surface area contributed by atoms with Gasteiger partial charge in [0.05, 0.1) is 12.5 Å². The third-order valence-corrected chi connectivity index (χ3v) is 8.80. The Balaban J connectivity index is 1.38. The van der Waals surface area contributed by atoms with Crippen molar-refractivity contribution in [3.8, 4) is 23.0 Å². The lowest BCUT2D eigenvalue weighted by Gasteiger charge is -2.30. The van der Waals surface area contributed by atoms with Gasteiger partial charge in [0.15, 0.2) is 23.0 Å². The van der Waals surface area contributed by atoms with Crippen LogP contribution in [0, 0.1) is 5.92 Å². The molecular weight excluding hydrogens is 550 g/mol. The molecule has 0 aliphatic carbocycles. The number of ether oxygens (including phenoxy) is 4. The molecule has 10 heteroatoms. The van der Waals surface area contributed by atoms with Crippen LogP contribution in [-0.2, 0) is 16.0 Å². The summed E-state index contributed by atoms with van der Waals surface area (Å²) in [4.78, 5) is 33.0. The van der Waals surface area contributed by atoms with Gasteiger partial charge in [-0.2, -0.15) is 0 Å². The normalized spacial score (nSPS) is 20.6.